The van der Waals surface area contributed by atoms with E-state index >= 15 is 0 Å². The molecule has 0 aromatic carbocycles. The highest BCUT2D eigenvalue weighted by molar-refractivity contribution is 5.28. The molecule has 1 rings (SSSR count). The molecule has 1 fully saturated rings. The fourth-order valence-electron chi connectivity index (χ4n) is 1.20. The highest BCUT2D eigenvalue weighted by Gasteiger charge is 2.15. The summed E-state index contributed by atoms with van der Waals surface area (Å²) in [5.74, 6) is 0.951. The Morgan fingerprint density at radius 3 is 2.24 bits per heavy atom. The molecule has 0 spiro atoms. The van der Waals surface area contributed by atoms with Gasteiger partial charge in [-0.15, -0.1) is 0 Å². The predicted molar refractivity (Wildman–Crippen MR) is 77.0 cm³/mol. The molecule has 1 aliphatic rings. The van der Waals surface area contributed by atoms with Crippen molar-refractivity contribution in [3.63, 3.8) is 0 Å². The second-order valence-corrected chi connectivity index (χ2v) is 3.13. The van der Waals surface area contributed by atoms with Gasteiger partial charge in [0.1, 0.15) is 5.76 Å². The summed E-state index contributed by atoms with van der Waals surface area (Å²) in [6, 6.07) is 0. The summed E-state index contributed by atoms with van der Waals surface area (Å²) in [4.78, 5) is 0. The van der Waals surface area contributed by atoms with Crippen molar-refractivity contribution < 1.29 is 9.44 Å². The van der Waals surface area contributed by atoms with Crippen molar-refractivity contribution in [2.75, 3.05) is 0 Å². The summed E-state index contributed by atoms with van der Waals surface area (Å²) < 4.78 is 5.61. The van der Waals surface area contributed by atoms with Crippen LogP contribution >= 0.6 is 0 Å². The van der Waals surface area contributed by atoms with Gasteiger partial charge in [0.05, 0.1) is 6.10 Å². The van der Waals surface area contributed by atoms with Crippen LogP contribution in [0, 0.1) is 0 Å². The van der Waals surface area contributed by atoms with Crippen LogP contribution in [0.3, 0.4) is 0 Å². The Hall–Kier alpha value is -1.05. The Kier molecular flexibility index (Phi) is 18.7. The van der Waals surface area contributed by atoms with Gasteiger partial charge in [0, 0.05) is 0 Å². The van der Waals surface area contributed by atoms with Crippen LogP contribution in [-0.4, -0.2) is 6.10 Å². The molecule has 0 bridgehead atoms. The normalized spacial score (nSPS) is 20.5. The van der Waals surface area contributed by atoms with Crippen LogP contribution in [-0.2, 0) is 4.74 Å². The van der Waals surface area contributed by atoms with Gasteiger partial charge in [-0.3, -0.25) is 4.70 Å². The molecule has 102 valence electrons. The van der Waals surface area contributed by atoms with E-state index in [2.05, 4.69) is 13.5 Å². The van der Waals surface area contributed by atoms with Crippen molar-refractivity contribution in [3.8, 4) is 0 Å². The van der Waals surface area contributed by atoms with Crippen LogP contribution < -0.4 is 0 Å². The van der Waals surface area contributed by atoms with Gasteiger partial charge >= 0.3 is 0 Å². The van der Waals surface area contributed by atoms with E-state index in [1.54, 1.807) is 0 Å². The van der Waals surface area contributed by atoms with Crippen molar-refractivity contribution in [3.05, 3.63) is 36.1 Å². The maximum absolute atomic E-state index is 5.61. The second-order valence-electron chi connectivity index (χ2n) is 3.13. The van der Waals surface area contributed by atoms with Crippen LogP contribution in [0.25, 0.3) is 0 Å². The minimum absolute atomic E-state index is 0. The van der Waals surface area contributed by atoms with Crippen molar-refractivity contribution in [2.24, 2.45) is 0 Å². The number of halogens is 1. The minimum atomic E-state index is 0. The Labute approximate surface area is 107 Å². The molecule has 0 aliphatic carbocycles. The average molecular weight is 244 g/mol. The molecule has 0 radical (unpaired) electrons. The molecule has 1 unspecified atom stereocenters. The Bertz CT molecular complexity index is 229. The molecule has 0 saturated carbocycles. The molecule has 1 nitrogen and oxygen atoms in total. The first-order valence-corrected chi connectivity index (χ1v) is 6.42. The van der Waals surface area contributed by atoms with Crippen molar-refractivity contribution in [1.82, 2.24) is 0 Å². The van der Waals surface area contributed by atoms with Gasteiger partial charge in [-0.25, -0.2) is 0 Å². The molecule has 2 heteroatoms. The summed E-state index contributed by atoms with van der Waals surface area (Å²) in [6.07, 6.45) is 8.45. The SMILES string of the molecule is C=C1CCC(C)O/C1=C/C=C\C.CC.CC.F. The molecule has 17 heavy (non-hydrogen) atoms. The standard InChI is InChI=1S/C11H16O.2C2H6.FH/c1-4-5-6-11-9(2)7-8-10(3)12-11;2*1-2;/h4-6,10H,2,7-8H2,1,3H3;2*1-2H3;1H/b5-4-,11-6+;;;. The van der Waals surface area contributed by atoms with Crippen LogP contribution in [0.2, 0.25) is 0 Å². The molecule has 0 amide bonds. The van der Waals surface area contributed by atoms with Crippen LogP contribution in [0.4, 0.5) is 4.70 Å². The zero-order chi connectivity index (χ0) is 13.0. The van der Waals surface area contributed by atoms with Gasteiger partial charge < -0.3 is 4.74 Å². The number of hydrogen-bond donors (Lipinski definition) is 0. The van der Waals surface area contributed by atoms with E-state index < -0.39 is 0 Å². The van der Waals surface area contributed by atoms with Gasteiger partial charge in [-0.1, -0.05) is 46.4 Å². The summed E-state index contributed by atoms with van der Waals surface area (Å²) >= 11 is 0. The molecule has 0 aromatic rings. The zero-order valence-electron chi connectivity index (χ0n) is 12.2. The largest absolute Gasteiger partial charge is 0.490 e. The van der Waals surface area contributed by atoms with E-state index in [9.17, 15) is 0 Å². The lowest BCUT2D eigenvalue weighted by atomic mass is 10.0. The second kappa shape index (κ2) is 14.9. The van der Waals surface area contributed by atoms with E-state index in [-0.39, 0.29) is 4.70 Å². The Balaban J connectivity index is -0.000000355. The third-order valence-electron chi connectivity index (χ3n) is 1.97. The fourth-order valence-corrected chi connectivity index (χ4v) is 1.20. The lowest BCUT2D eigenvalue weighted by Crippen LogP contribution is -2.15. The van der Waals surface area contributed by atoms with Gasteiger partial charge in [-0.2, -0.15) is 0 Å². The lowest BCUT2D eigenvalue weighted by molar-refractivity contribution is 0.111. The molecule has 0 N–H and O–H groups in total. The maximum Gasteiger partial charge on any atom is 0.122 e. The van der Waals surface area contributed by atoms with Gasteiger partial charge in [0.2, 0.25) is 0 Å². The van der Waals surface area contributed by atoms with Gasteiger partial charge in [0.15, 0.2) is 0 Å². The number of ether oxygens (including phenoxy) is 1. The maximum atomic E-state index is 5.61. The van der Waals surface area contributed by atoms with Gasteiger partial charge in [0.25, 0.3) is 0 Å². The third kappa shape index (κ3) is 9.86. The van der Waals surface area contributed by atoms with Crippen molar-refractivity contribution in [1.29, 1.82) is 0 Å². The molecular weight excluding hydrogens is 215 g/mol. The molecule has 1 heterocycles. The topological polar surface area (TPSA) is 9.23 Å². The molecule has 0 aromatic heterocycles. The summed E-state index contributed by atoms with van der Waals surface area (Å²) in [7, 11) is 0. The fraction of sp³-hybridized carbons (Fsp3) is 0.600. The lowest BCUT2D eigenvalue weighted by Gasteiger charge is -2.24. The highest BCUT2D eigenvalue weighted by atomic mass is 19.0. The summed E-state index contributed by atoms with van der Waals surface area (Å²) in [6.45, 7) is 16.0. The van der Waals surface area contributed by atoms with Crippen LogP contribution in [0.1, 0.15) is 54.4 Å². The van der Waals surface area contributed by atoms with Crippen LogP contribution in [0.15, 0.2) is 36.1 Å². The van der Waals surface area contributed by atoms with Crippen LogP contribution in [0.5, 0.6) is 0 Å². The Morgan fingerprint density at radius 2 is 1.76 bits per heavy atom. The van der Waals surface area contributed by atoms with E-state index in [0.29, 0.717) is 6.10 Å². The quantitative estimate of drug-likeness (QED) is 0.599. The number of rotatable bonds is 1. The first kappa shape index (κ1) is 21.3. The van der Waals surface area contributed by atoms with Crippen molar-refractivity contribution in [2.45, 2.75) is 60.5 Å². The predicted octanol–water partition coefficient (Wildman–Crippen LogP) is 5.41. The van der Waals surface area contributed by atoms with E-state index in [1.165, 1.54) is 0 Å². The summed E-state index contributed by atoms with van der Waals surface area (Å²) in [5, 5.41) is 0. The van der Waals surface area contributed by atoms with E-state index in [4.69, 9.17) is 4.74 Å². The molecule has 1 atom stereocenters. The first-order chi connectivity index (χ1) is 7.74. The number of hydrogen-bond acceptors (Lipinski definition) is 1. The molecular formula is C15H29FO. The zero-order valence-corrected chi connectivity index (χ0v) is 12.2. The smallest absolute Gasteiger partial charge is 0.122 e. The highest BCUT2D eigenvalue weighted by Crippen LogP contribution is 2.25. The van der Waals surface area contributed by atoms with E-state index in [0.717, 1.165) is 24.2 Å². The summed E-state index contributed by atoms with van der Waals surface area (Å²) in [5.41, 5.74) is 1.12. The Morgan fingerprint density at radius 1 is 1.24 bits per heavy atom. The average Bonchev–Trinajstić information content (AvgIpc) is 2.35. The molecule has 1 saturated heterocycles. The first-order valence-electron chi connectivity index (χ1n) is 6.42. The monoisotopic (exact) mass is 244 g/mol. The molecule has 1 aliphatic heterocycles. The number of allylic oxidation sites excluding steroid dienone is 4. The van der Waals surface area contributed by atoms with Gasteiger partial charge in [-0.05, 0) is 38.3 Å². The minimum Gasteiger partial charge on any atom is -0.490 e. The van der Waals surface area contributed by atoms with Crippen molar-refractivity contribution >= 4 is 0 Å². The van der Waals surface area contributed by atoms with E-state index in [1.807, 2.05) is 52.8 Å². The third-order valence-corrected chi connectivity index (χ3v) is 1.97.